The number of β-amino-alcohol motifs (C(OH)–C–C–N with tert-alkyl or cyclic N) is 1. The van der Waals surface area contributed by atoms with Crippen molar-refractivity contribution in [1.29, 1.82) is 0 Å². The van der Waals surface area contributed by atoms with Crippen LogP contribution in [0.25, 0.3) is 0 Å². The van der Waals surface area contributed by atoms with Crippen LogP contribution in [-0.4, -0.2) is 32.9 Å². The van der Waals surface area contributed by atoms with Crippen molar-refractivity contribution in [3.63, 3.8) is 0 Å². The van der Waals surface area contributed by atoms with Crippen LogP contribution in [0.3, 0.4) is 0 Å². The van der Waals surface area contributed by atoms with Gasteiger partial charge in [-0.1, -0.05) is 11.2 Å². The van der Waals surface area contributed by atoms with Gasteiger partial charge in [0.25, 0.3) is 0 Å². The summed E-state index contributed by atoms with van der Waals surface area (Å²) in [6.45, 7) is 0.574. The second-order valence-corrected chi connectivity index (χ2v) is 4.44. The maximum Gasteiger partial charge on any atom is 0.243 e. The minimum atomic E-state index is -0.330. The summed E-state index contributed by atoms with van der Waals surface area (Å²) in [4.78, 5) is 8.39. The first-order valence-electron chi connectivity index (χ1n) is 5.94. The molecule has 6 nitrogen and oxygen atoms in total. The van der Waals surface area contributed by atoms with Crippen LogP contribution in [0.4, 0.5) is 0 Å². The fourth-order valence-electron chi connectivity index (χ4n) is 2.07. The van der Waals surface area contributed by atoms with Gasteiger partial charge in [-0.25, -0.2) is 0 Å². The Kier molecular flexibility index (Phi) is 3.04. The summed E-state index contributed by atoms with van der Waals surface area (Å²) < 4.78 is 5.21. The molecule has 94 valence electrons. The van der Waals surface area contributed by atoms with Crippen LogP contribution in [0.15, 0.2) is 29.0 Å². The molecule has 0 unspecified atom stereocenters. The molecule has 0 saturated carbocycles. The molecule has 6 heteroatoms. The smallest absolute Gasteiger partial charge is 0.243 e. The lowest BCUT2D eigenvalue weighted by Gasteiger charge is -2.01. The summed E-state index contributed by atoms with van der Waals surface area (Å²) in [5.41, 5.74) is 1.05. The van der Waals surface area contributed by atoms with E-state index in [-0.39, 0.29) is 12.1 Å². The fourth-order valence-corrected chi connectivity index (χ4v) is 2.07. The number of rotatable bonds is 3. The molecule has 1 fully saturated rings. The molecule has 2 atom stereocenters. The number of aliphatic hydroxyl groups excluding tert-OH is 1. The molecule has 0 radical (unpaired) electrons. The first-order chi connectivity index (χ1) is 8.81. The summed E-state index contributed by atoms with van der Waals surface area (Å²) in [6.07, 6.45) is 4.41. The van der Waals surface area contributed by atoms with Crippen molar-refractivity contribution in [1.82, 2.24) is 20.4 Å². The molecule has 0 amide bonds. The van der Waals surface area contributed by atoms with Gasteiger partial charge in [0.2, 0.25) is 5.89 Å². The van der Waals surface area contributed by atoms with Crippen molar-refractivity contribution in [3.8, 4) is 0 Å². The minimum Gasteiger partial charge on any atom is -0.392 e. The van der Waals surface area contributed by atoms with E-state index in [0.717, 1.165) is 5.56 Å². The van der Waals surface area contributed by atoms with Gasteiger partial charge in [0.1, 0.15) is 0 Å². The first kappa shape index (κ1) is 11.3. The second-order valence-electron chi connectivity index (χ2n) is 4.44. The highest BCUT2D eigenvalue weighted by Crippen LogP contribution is 2.22. The van der Waals surface area contributed by atoms with Gasteiger partial charge in [0, 0.05) is 25.4 Å². The number of aromatic nitrogens is 3. The SMILES string of the molecule is O[C@@H]1CN[C@@H](c2nc(Cc3cccnc3)no2)C1. The quantitative estimate of drug-likeness (QED) is 0.818. The number of hydrogen-bond donors (Lipinski definition) is 2. The van der Waals surface area contributed by atoms with Crippen LogP contribution in [0, 0.1) is 0 Å². The van der Waals surface area contributed by atoms with E-state index in [9.17, 15) is 5.11 Å². The maximum atomic E-state index is 9.44. The van der Waals surface area contributed by atoms with Gasteiger partial charge in [-0.05, 0) is 18.1 Å². The summed E-state index contributed by atoms with van der Waals surface area (Å²) >= 11 is 0. The molecule has 3 rings (SSSR count). The van der Waals surface area contributed by atoms with E-state index >= 15 is 0 Å². The Labute approximate surface area is 104 Å². The van der Waals surface area contributed by atoms with E-state index in [0.29, 0.717) is 31.1 Å². The molecule has 2 aromatic rings. The highest BCUT2D eigenvalue weighted by molar-refractivity contribution is 5.14. The van der Waals surface area contributed by atoms with Crippen molar-refractivity contribution < 1.29 is 9.63 Å². The monoisotopic (exact) mass is 246 g/mol. The number of aliphatic hydroxyl groups is 1. The summed E-state index contributed by atoms with van der Waals surface area (Å²) in [5.74, 6) is 1.19. The third-order valence-corrected chi connectivity index (χ3v) is 2.97. The lowest BCUT2D eigenvalue weighted by Crippen LogP contribution is -2.15. The first-order valence-corrected chi connectivity index (χ1v) is 5.94. The van der Waals surface area contributed by atoms with Gasteiger partial charge in [0.15, 0.2) is 5.82 Å². The average Bonchev–Trinajstić information content (AvgIpc) is 2.99. The highest BCUT2D eigenvalue weighted by Gasteiger charge is 2.27. The van der Waals surface area contributed by atoms with E-state index in [1.54, 1.807) is 12.4 Å². The van der Waals surface area contributed by atoms with Crippen LogP contribution < -0.4 is 5.32 Å². The zero-order valence-electron chi connectivity index (χ0n) is 9.78. The van der Waals surface area contributed by atoms with Crippen molar-refractivity contribution in [2.75, 3.05) is 6.54 Å². The molecule has 0 aliphatic carbocycles. The van der Waals surface area contributed by atoms with E-state index in [4.69, 9.17) is 4.52 Å². The number of pyridine rings is 1. The molecule has 18 heavy (non-hydrogen) atoms. The Morgan fingerprint density at radius 2 is 2.44 bits per heavy atom. The van der Waals surface area contributed by atoms with Crippen LogP contribution >= 0.6 is 0 Å². The van der Waals surface area contributed by atoms with Crippen molar-refractivity contribution >= 4 is 0 Å². The van der Waals surface area contributed by atoms with Crippen LogP contribution in [0.2, 0.25) is 0 Å². The second kappa shape index (κ2) is 4.83. The Hall–Kier alpha value is -1.79. The topological polar surface area (TPSA) is 84.1 Å². The van der Waals surface area contributed by atoms with Gasteiger partial charge in [0.05, 0.1) is 12.1 Å². The van der Waals surface area contributed by atoms with Gasteiger partial charge >= 0.3 is 0 Å². The third-order valence-electron chi connectivity index (χ3n) is 2.97. The molecule has 2 N–H and O–H groups in total. The molecular formula is C12H14N4O2. The fraction of sp³-hybridized carbons (Fsp3) is 0.417. The summed E-state index contributed by atoms with van der Waals surface area (Å²) in [7, 11) is 0. The van der Waals surface area contributed by atoms with Gasteiger partial charge < -0.3 is 14.9 Å². The van der Waals surface area contributed by atoms with Crippen molar-refractivity contribution in [2.24, 2.45) is 0 Å². The lowest BCUT2D eigenvalue weighted by atomic mass is 10.2. The molecule has 0 bridgehead atoms. The van der Waals surface area contributed by atoms with E-state index in [2.05, 4.69) is 20.4 Å². The van der Waals surface area contributed by atoms with Gasteiger partial charge in [-0.3, -0.25) is 4.98 Å². The van der Waals surface area contributed by atoms with Crippen molar-refractivity contribution in [2.45, 2.75) is 25.0 Å². The highest BCUT2D eigenvalue weighted by atomic mass is 16.5. The van der Waals surface area contributed by atoms with E-state index in [1.807, 2.05) is 12.1 Å². The predicted molar refractivity (Wildman–Crippen MR) is 62.7 cm³/mol. The van der Waals surface area contributed by atoms with Crippen molar-refractivity contribution in [3.05, 3.63) is 41.8 Å². The minimum absolute atomic E-state index is 0.0323. The Balaban J connectivity index is 1.70. The van der Waals surface area contributed by atoms with Crippen LogP contribution in [-0.2, 0) is 6.42 Å². The number of nitrogens with zero attached hydrogens (tertiary/aromatic N) is 3. The van der Waals surface area contributed by atoms with E-state index < -0.39 is 0 Å². The van der Waals surface area contributed by atoms with Gasteiger partial charge in [-0.2, -0.15) is 4.98 Å². The molecule has 1 aliphatic heterocycles. The third kappa shape index (κ3) is 2.39. The number of nitrogens with one attached hydrogen (secondary N) is 1. The van der Waals surface area contributed by atoms with E-state index in [1.165, 1.54) is 0 Å². The largest absolute Gasteiger partial charge is 0.392 e. The molecule has 1 saturated heterocycles. The molecule has 1 aliphatic rings. The Bertz CT molecular complexity index is 514. The normalized spacial score (nSPS) is 23.4. The standard InChI is InChI=1S/C12H14N4O2/c17-9-5-10(14-7-9)12-15-11(16-18-12)4-8-2-1-3-13-6-8/h1-3,6,9-10,14,17H,4-5,7H2/t9-,10+/m0/s1. The molecule has 3 heterocycles. The predicted octanol–water partition coefficient (Wildman–Crippen LogP) is 0.451. The summed E-state index contributed by atoms with van der Waals surface area (Å²) in [5, 5.41) is 16.5. The zero-order valence-corrected chi connectivity index (χ0v) is 9.78. The Morgan fingerprint density at radius 3 is 3.17 bits per heavy atom. The summed E-state index contributed by atoms with van der Waals surface area (Å²) in [6, 6.07) is 3.82. The lowest BCUT2D eigenvalue weighted by molar-refractivity contribution is 0.191. The van der Waals surface area contributed by atoms with Crippen LogP contribution in [0.5, 0.6) is 0 Å². The maximum absolute atomic E-state index is 9.44. The molecule has 2 aromatic heterocycles. The zero-order chi connectivity index (χ0) is 12.4. The molecular weight excluding hydrogens is 232 g/mol. The Morgan fingerprint density at radius 1 is 1.50 bits per heavy atom. The molecule has 0 spiro atoms. The average molecular weight is 246 g/mol. The van der Waals surface area contributed by atoms with Gasteiger partial charge in [-0.15, -0.1) is 0 Å². The van der Waals surface area contributed by atoms with Crippen LogP contribution in [0.1, 0.15) is 29.7 Å². The molecule has 0 aromatic carbocycles. The number of hydrogen-bond acceptors (Lipinski definition) is 6.